The number of rotatable bonds is 7. The van der Waals surface area contributed by atoms with E-state index >= 15 is 0 Å². The molecule has 1 N–H and O–H groups in total. The summed E-state index contributed by atoms with van der Waals surface area (Å²) >= 11 is 0. The second-order valence-electron chi connectivity index (χ2n) is 9.29. The first kappa shape index (κ1) is 25.1. The smallest absolute Gasteiger partial charge is 0.258 e. The Morgan fingerprint density at radius 3 is 2.24 bits per heavy atom. The zero-order valence-electron chi connectivity index (χ0n) is 21.5. The predicted octanol–water partition coefficient (Wildman–Crippen LogP) is 6.18. The van der Waals surface area contributed by atoms with Gasteiger partial charge in [-0.15, -0.1) is 0 Å². The molecule has 192 valence electrons. The fourth-order valence-corrected chi connectivity index (χ4v) is 4.73. The minimum absolute atomic E-state index is 0.0587. The summed E-state index contributed by atoms with van der Waals surface area (Å²) in [5, 5.41) is 2.93. The minimum atomic E-state index is -0.167. The molecule has 0 bridgehead atoms. The molecule has 1 aliphatic heterocycles. The zero-order valence-corrected chi connectivity index (χ0v) is 21.5. The Balaban J connectivity index is 1.28. The summed E-state index contributed by atoms with van der Waals surface area (Å²) in [4.78, 5) is 30.4. The molecule has 6 heteroatoms. The number of carbonyl (C=O) groups is 2. The number of benzene rings is 4. The van der Waals surface area contributed by atoms with Gasteiger partial charge < -0.3 is 19.9 Å². The number of hydrogen-bond acceptors (Lipinski definition) is 4. The number of amides is 2. The van der Waals surface area contributed by atoms with E-state index in [1.807, 2.05) is 78.6 Å². The van der Waals surface area contributed by atoms with E-state index in [1.54, 1.807) is 30.3 Å². The summed E-state index contributed by atoms with van der Waals surface area (Å²) in [6.45, 7) is 4.65. The molecule has 0 aromatic heterocycles. The van der Waals surface area contributed by atoms with E-state index in [9.17, 15) is 9.59 Å². The third-order valence-electron chi connectivity index (χ3n) is 6.72. The van der Waals surface area contributed by atoms with Gasteiger partial charge in [-0.3, -0.25) is 9.59 Å². The van der Waals surface area contributed by atoms with Crippen LogP contribution in [0.4, 0.5) is 17.1 Å². The van der Waals surface area contributed by atoms with Crippen LogP contribution in [0.15, 0.2) is 103 Å². The number of para-hydroxylation sites is 3. The molecule has 5 rings (SSSR count). The lowest BCUT2D eigenvalue weighted by Gasteiger charge is -2.27. The number of fused-ring (bicyclic) bond motifs is 1. The third kappa shape index (κ3) is 5.70. The number of hydrogen-bond donors (Lipinski definition) is 1. The van der Waals surface area contributed by atoms with Gasteiger partial charge in [0.2, 0.25) is 0 Å². The summed E-state index contributed by atoms with van der Waals surface area (Å²) in [7, 11) is 0. The topological polar surface area (TPSA) is 61.9 Å². The summed E-state index contributed by atoms with van der Waals surface area (Å²) in [5.74, 6) is 0.627. The van der Waals surface area contributed by atoms with Gasteiger partial charge in [0, 0.05) is 29.9 Å². The van der Waals surface area contributed by atoms with Gasteiger partial charge >= 0.3 is 0 Å². The Labute approximate surface area is 223 Å². The first-order chi connectivity index (χ1) is 18.6. The first-order valence-electron chi connectivity index (χ1n) is 12.9. The molecule has 38 heavy (non-hydrogen) atoms. The molecular weight excluding hydrogens is 474 g/mol. The van der Waals surface area contributed by atoms with Gasteiger partial charge in [-0.25, -0.2) is 0 Å². The largest absolute Gasteiger partial charge is 0.492 e. The normalized spacial score (nSPS) is 12.9. The van der Waals surface area contributed by atoms with Gasteiger partial charge in [-0.1, -0.05) is 48.5 Å². The highest BCUT2D eigenvalue weighted by atomic mass is 16.5. The highest BCUT2D eigenvalue weighted by molar-refractivity contribution is 6.09. The van der Waals surface area contributed by atoms with Crippen LogP contribution in [0.1, 0.15) is 32.7 Å². The van der Waals surface area contributed by atoms with Gasteiger partial charge in [-0.2, -0.15) is 0 Å². The molecule has 2 amide bonds. The predicted molar refractivity (Wildman–Crippen MR) is 152 cm³/mol. The second kappa shape index (κ2) is 11.6. The van der Waals surface area contributed by atoms with Gasteiger partial charge in [-0.05, 0) is 73.5 Å². The van der Waals surface area contributed by atoms with Crippen LogP contribution in [0.2, 0.25) is 0 Å². The lowest BCUT2D eigenvalue weighted by molar-refractivity contribution is 0.0986. The number of carbonyl (C=O) groups excluding carboxylic acids is 2. The van der Waals surface area contributed by atoms with Crippen molar-refractivity contribution in [1.82, 2.24) is 0 Å². The van der Waals surface area contributed by atoms with E-state index in [1.165, 1.54) is 0 Å². The van der Waals surface area contributed by atoms with E-state index in [-0.39, 0.29) is 11.8 Å². The van der Waals surface area contributed by atoms with Crippen LogP contribution in [0.3, 0.4) is 0 Å². The van der Waals surface area contributed by atoms with Gasteiger partial charge in [0.1, 0.15) is 12.4 Å². The Kier molecular flexibility index (Phi) is 7.69. The van der Waals surface area contributed by atoms with Crippen molar-refractivity contribution in [2.45, 2.75) is 13.3 Å². The highest BCUT2D eigenvalue weighted by Crippen LogP contribution is 2.33. The molecule has 0 aliphatic carbocycles. The number of ether oxygens (including phenoxy) is 1. The first-order valence-corrected chi connectivity index (χ1v) is 12.9. The Morgan fingerprint density at radius 1 is 0.789 bits per heavy atom. The molecule has 0 atom stereocenters. The van der Waals surface area contributed by atoms with Crippen molar-refractivity contribution in [2.24, 2.45) is 0 Å². The molecule has 4 aromatic carbocycles. The lowest BCUT2D eigenvalue weighted by atomic mass is 10.1. The molecule has 0 saturated carbocycles. The molecule has 1 heterocycles. The number of anilines is 3. The molecule has 6 nitrogen and oxygen atoms in total. The number of aryl methyl sites for hydroxylation is 1. The fourth-order valence-electron chi connectivity index (χ4n) is 4.73. The molecule has 0 unspecified atom stereocenters. The maximum absolute atomic E-state index is 13.6. The molecule has 0 spiro atoms. The van der Waals surface area contributed by atoms with Crippen molar-refractivity contribution in [3.8, 4) is 5.75 Å². The van der Waals surface area contributed by atoms with Crippen LogP contribution >= 0.6 is 0 Å². The SMILES string of the molecule is Cc1ccccc1C(=O)Nc1ccc(C(=O)N2CCCN(CCOc3ccccc3)c3ccccc32)cc1. The van der Waals surface area contributed by atoms with E-state index in [0.29, 0.717) is 30.0 Å². The Hall–Kier alpha value is -4.58. The van der Waals surface area contributed by atoms with Crippen molar-refractivity contribution in [3.63, 3.8) is 0 Å². The van der Waals surface area contributed by atoms with E-state index in [0.717, 1.165) is 42.2 Å². The number of nitrogens with one attached hydrogen (secondary N) is 1. The molecule has 1 aliphatic rings. The van der Waals surface area contributed by atoms with Gasteiger partial charge in [0.25, 0.3) is 11.8 Å². The molecular formula is C32H31N3O3. The summed E-state index contributed by atoms with van der Waals surface area (Å²) in [6, 6.07) is 32.4. The van der Waals surface area contributed by atoms with E-state index < -0.39 is 0 Å². The number of nitrogens with zero attached hydrogens (tertiary/aromatic N) is 2. The van der Waals surface area contributed by atoms with Crippen molar-refractivity contribution in [2.75, 3.05) is 41.4 Å². The average Bonchev–Trinajstić information content (AvgIpc) is 3.13. The molecule has 4 aromatic rings. The molecule has 0 saturated heterocycles. The summed E-state index contributed by atoms with van der Waals surface area (Å²) in [5.41, 5.74) is 4.69. The van der Waals surface area contributed by atoms with Crippen LogP contribution < -0.4 is 19.9 Å². The van der Waals surface area contributed by atoms with Crippen LogP contribution in [0.25, 0.3) is 0 Å². The van der Waals surface area contributed by atoms with E-state index in [2.05, 4.69) is 16.3 Å². The van der Waals surface area contributed by atoms with Crippen molar-refractivity contribution in [3.05, 3.63) is 120 Å². The highest BCUT2D eigenvalue weighted by Gasteiger charge is 2.25. The summed E-state index contributed by atoms with van der Waals surface area (Å²) in [6.07, 6.45) is 0.844. The van der Waals surface area contributed by atoms with Gasteiger partial charge in [0.15, 0.2) is 0 Å². The maximum atomic E-state index is 13.6. The molecule has 0 fully saturated rings. The van der Waals surface area contributed by atoms with Crippen molar-refractivity contribution in [1.29, 1.82) is 0 Å². The van der Waals surface area contributed by atoms with E-state index in [4.69, 9.17) is 4.74 Å². The Bertz CT molecular complexity index is 1400. The maximum Gasteiger partial charge on any atom is 0.258 e. The monoisotopic (exact) mass is 505 g/mol. The zero-order chi connectivity index (χ0) is 26.3. The van der Waals surface area contributed by atoms with Crippen LogP contribution in [0, 0.1) is 6.92 Å². The quantitative estimate of drug-likeness (QED) is 0.326. The minimum Gasteiger partial charge on any atom is -0.492 e. The van der Waals surface area contributed by atoms with Gasteiger partial charge in [0.05, 0.1) is 17.9 Å². The molecule has 0 radical (unpaired) electrons. The standard InChI is InChI=1S/C32H31N3O3/c1-24-10-5-6-13-28(24)31(36)33-26-18-16-25(17-19-26)32(37)35-21-9-20-34(29-14-7-8-15-30(29)35)22-23-38-27-11-3-2-4-12-27/h2-8,10-19H,9,20-23H2,1H3,(H,33,36). The van der Waals surface area contributed by atoms with Crippen LogP contribution in [-0.2, 0) is 0 Å². The third-order valence-corrected chi connectivity index (χ3v) is 6.72. The Morgan fingerprint density at radius 2 is 1.47 bits per heavy atom. The van der Waals surface area contributed by atoms with Crippen LogP contribution in [-0.4, -0.2) is 38.1 Å². The fraction of sp³-hybridized carbons (Fsp3) is 0.188. The van der Waals surface area contributed by atoms with Crippen molar-refractivity contribution < 1.29 is 14.3 Å². The second-order valence-corrected chi connectivity index (χ2v) is 9.29. The summed E-state index contributed by atoms with van der Waals surface area (Å²) < 4.78 is 5.93. The lowest BCUT2D eigenvalue weighted by Crippen LogP contribution is -2.31. The van der Waals surface area contributed by atoms with Crippen LogP contribution in [0.5, 0.6) is 5.75 Å². The van der Waals surface area contributed by atoms with Crippen molar-refractivity contribution >= 4 is 28.9 Å². The average molecular weight is 506 g/mol.